The molecule has 2 aromatic rings. The normalized spacial score (nSPS) is 10.4. The van der Waals surface area contributed by atoms with Crippen LogP contribution in [0.2, 0.25) is 0 Å². The highest BCUT2D eigenvalue weighted by Crippen LogP contribution is 2.13. The Morgan fingerprint density at radius 1 is 1.17 bits per heavy atom. The molecule has 0 amide bonds. The molecule has 0 aliphatic rings. The van der Waals surface area contributed by atoms with Gasteiger partial charge in [0.15, 0.2) is 11.2 Å². The van der Waals surface area contributed by atoms with Crippen molar-refractivity contribution in [3.63, 3.8) is 0 Å². The fourth-order valence-corrected chi connectivity index (χ4v) is 1.95. The summed E-state index contributed by atoms with van der Waals surface area (Å²) in [6.07, 6.45) is 1.62. The van der Waals surface area contributed by atoms with Crippen molar-refractivity contribution in [1.29, 1.82) is 0 Å². The number of carbonyl (C=O) groups is 1. The third-order valence-electron chi connectivity index (χ3n) is 2.90. The average Bonchev–Trinajstić information content (AvgIpc) is 2.28. The number of pyridine rings is 1. The topological polar surface area (TPSA) is 39.1 Å². The number of hydrogen-bond acceptors (Lipinski definition) is 2. The highest BCUT2D eigenvalue weighted by molar-refractivity contribution is 5.93. The molecule has 18 heavy (non-hydrogen) atoms. The molecule has 3 nitrogen and oxygen atoms in total. The number of benzene rings is 1. The SMILES string of the molecule is CC(=O)c1cn(-c2cccc(C)c2)c(C)cc1=O. The summed E-state index contributed by atoms with van der Waals surface area (Å²) < 4.78 is 1.87. The van der Waals surface area contributed by atoms with Gasteiger partial charge in [-0.05, 0) is 38.5 Å². The monoisotopic (exact) mass is 241 g/mol. The van der Waals surface area contributed by atoms with Gasteiger partial charge in [-0.15, -0.1) is 0 Å². The number of Topliss-reactive ketones (excluding diaryl/α,β-unsaturated/α-hetero) is 1. The summed E-state index contributed by atoms with van der Waals surface area (Å²) in [5.74, 6) is -0.207. The van der Waals surface area contributed by atoms with E-state index in [-0.39, 0.29) is 16.8 Å². The molecule has 0 N–H and O–H groups in total. The summed E-state index contributed by atoms with van der Waals surface area (Å²) in [5, 5.41) is 0. The van der Waals surface area contributed by atoms with E-state index >= 15 is 0 Å². The van der Waals surface area contributed by atoms with Crippen molar-refractivity contribution in [3.8, 4) is 5.69 Å². The van der Waals surface area contributed by atoms with Crippen LogP contribution in [0.1, 0.15) is 28.5 Å². The molecule has 0 aliphatic carbocycles. The molecular weight excluding hydrogens is 226 g/mol. The van der Waals surface area contributed by atoms with Crippen LogP contribution in [0.3, 0.4) is 0 Å². The van der Waals surface area contributed by atoms with Crippen LogP contribution in [0.5, 0.6) is 0 Å². The lowest BCUT2D eigenvalue weighted by Gasteiger charge is -2.12. The molecular formula is C15H15NO2. The van der Waals surface area contributed by atoms with E-state index in [9.17, 15) is 9.59 Å². The van der Waals surface area contributed by atoms with E-state index in [0.717, 1.165) is 16.9 Å². The number of carbonyl (C=O) groups excluding carboxylic acids is 1. The predicted molar refractivity (Wildman–Crippen MR) is 71.5 cm³/mol. The maximum absolute atomic E-state index is 11.7. The Kier molecular flexibility index (Phi) is 3.15. The molecule has 0 spiro atoms. The van der Waals surface area contributed by atoms with Crippen LogP contribution in [0.25, 0.3) is 5.69 Å². The molecule has 92 valence electrons. The molecule has 1 aromatic carbocycles. The zero-order valence-corrected chi connectivity index (χ0v) is 10.7. The Labute approximate surface area is 106 Å². The average molecular weight is 241 g/mol. The summed E-state index contributed by atoms with van der Waals surface area (Å²) in [7, 11) is 0. The molecule has 0 saturated heterocycles. The third kappa shape index (κ3) is 2.25. The zero-order chi connectivity index (χ0) is 13.3. The first-order valence-corrected chi connectivity index (χ1v) is 5.80. The second kappa shape index (κ2) is 4.61. The minimum atomic E-state index is -0.219. The molecule has 0 unspecified atom stereocenters. The van der Waals surface area contributed by atoms with Gasteiger partial charge in [-0.3, -0.25) is 9.59 Å². The van der Waals surface area contributed by atoms with E-state index in [1.54, 1.807) is 6.20 Å². The third-order valence-corrected chi connectivity index (χ3v) is 2.90. The number of nitrogens with zero attached hydrogens (tertiary/aromatic N) is 1. The number of hydrogen-bond donors (Lipinski definition) is 0. The fraction of sp³-hybridized carbons (Fsp3) is 0.200. The standard InChI is InChI=1S/C15H15NO2/c1-10-5-4-6-13(7-10)16-9-14(12(3)17)15(18)8-11(16)2/h4-9H,1-3H3. The second-order valence-corrected chi connectivity index (χ2v) is 4.46. The van der Waals surface area contributed by atoms with Crippen molar-refractivity contribution in [1.82, 2.24) is 4.57 Å². The van der Waals surface area contributed by atoms with Crippen LogP contribution in [0.4, 0.5) is 0 Å². The molecule has 0 saturated carbocycles. The maximum atomic E-state index is 11.7. The summed E-state index contributed by atoms with van der Waals surface area (Å²) in [6.45, 7) is 5.27. The van der Waals surface area contributed by atoms with Gasteiger partial charge in [0, 0.05) is 23.6 Å². The van der Waals surface area contributed by atoms with Gasteiger partial charge in [-0.1, -0.05) is 12.1 Å². The van der Waals surface area contributed by atoms with E-state index in [2.05, 4.69) is 0 Å². The summed E-state index contributed by atoms with van der Waals surface area (Å²) in [6, 6.07) is 9.43. The summed E-state index contributed by atoms with van der Waals surface area (Å²) >= 11 is 0. The quantitative estimate of drug-likeness (QED) is 0.758. The van der Waals surface area contributed by atoms with E-state index in [1.165, 1.54) is 13.0 Å². The second-order valence-electron chi connectivity index (χ2n) is 4.46. The lowest BCUT2D eigenvalue weighted by Crippen LogP contribution is -2.17. The smallest absolute Gasteiger partial charge is 0.192 e. The first-order valence-electron chi connectivity index (χ1n) is 5.80. The van der Waals surface area contributed by atoms with Gasteiger partial charge >= 0.3 is 0 Å². The Morgan fingerprint density at radius 2 is 1.89 bits per heavy atom. The van der Waals surface area contributed by atoms with Gasteiger partial charge in [-0.2, -0.15) is 0 Å². The fourth-order valence-electron chi connectivity index (χ4n) is 1.95. The number of ketones is 1. The van der Waals surface area contributed by atoms with Gasteiger partial charge in [0.25, 0.3) is 0 Å². The lowest BCUT2D eigenvalue weighted by atomic mass is 10.1. The predicted octanol–water partition coefficient (Wildman–Crippen LogP) is 2.66. The molecule has 3 heteroatoms. The molecule has 2 rings (SSSR count). The Balaban J connectivity index is 2.68. The van der Waals surface area contributed by atoms with Crippen LogP contribution >= 0.6 is 0 Å². The van der Waals surface area contributed by atoms with Crippen LogP contribution in [0.15, 0.2) is 41.3 Å². The Bertz CT molecular complexity index is 668. The van der Waals surface area contributed by atoms with Crippen LogP contribution < -0.4 is 5.43 Å². The van der Waals surface area contributed by atoms with E-state index in [1.807, 2.05) is 42.7 Å². The lowest BCUT2D eigenvalue weighted by molar-refractivity contribution is 0.101. The maximum Gasteiger partial charge on any atom is 0.192 e. The van der Waals surface area contributed by atoms with Gasteiger partial charge in [-0.25, -0.2) is 0 Å². The van der Waals surface area contributed by atoms with Crippen molar-refractivity contribution in [2.24, 2.45) is 0 Å². The molecule has 0 radical (unpaired) electrons. The van der Waals surface area contributed by atoms with Crippen molar-refractivity contribution in [3.05, 3.63) is 63.6 Å². The molecule has 0 bridgehead atoms. The number of aryl methyl sites for hydroxylation is 2. The minimum absolute atomic E-state index is 0.207. The van der Waals surface area contributed by atoms with E-state index < -0.39 is 0 Å². The largest absolute Gasteiger partial charge is 0.320 e. The van der Waals surface area contributed by atoms with E-state index in [4.69, 9.17) is 0 Å². The van der Waals surface area contributed by atoms with Gasteiger partial charge in [0.05, 0.1) is 5.56 Å². The van der Waals surface area contributed by atoms with Crippen molar-refractivity contribution in [2.75, 3.05) is 0 Å². The number of rotatable bonds is 2. The summed E-state index contributed by atoms with van der Waals surface area (Å²) in [5.41, 5.74) is 2.91. The Hall–Kier alpha value is -2.16. The Morgan fingerprint density at radius 3 is 2.50 bits per heavy atom. The first-order chi connectivity index (χ1) is 8.49. The van der Waals surface area contributed by atoms with Gasteiger partial charge in [0.2, 0.25) is 0 Å². The molecule has 1 heterocycles. The molecule has 0 atom stereocenters. The van der Waals surface area contributed by atoms with E-state index in [0.29, 0.717) is 0 Å². The molecule has 0 aliphatic heterocycles. The molecule has 1 aromatic heterocycles. The van der Waals surface area contributed by atoms with Crippen LogP contribution in [-0.4, -0.2) is 10.4 Å². The molecule has 0 fully saturated rings. The van der Waals surface area contributed by atoms with Crippen LogP contribution in [-0.2, 0) is 0 Å². The highest BCUT2D eigenvalue weighted by Gasteiger charge is 2.09. The zero-order valence-electron chi connectivity index (χ0n) is 10.7. The highest BCUT2D eigenvalue weighted by atomic mass is 16.1. The van der Waals surface area contributed by atoms with Crippen molar-refractivity contribution < 1.29 is 4.79 Å². The number of aromatic nitrogens is 1. The van der Waals surface area contributed by atoms with Crippen LogP contribution in [0, 0.1) is 13.8 Å². The minimum Gasteiger partial charge on any atom is -0.320 e. The van der Waals surface area contributed by atoms with Crippen molar-refractivity contribution in [2.45, 2.75) is 20.8 Å². The van der Waals surface area contributed by atoms with Crippen molar-refractivity contribution >= 4 is 5.78 Å². The van der Waals surface area contributed by atoms with Gasteiger partial charge in [0.1, 0.15) is 0 Å². The van der Waals surface area contributed by atoms with Gasteiger partial charge < -0.3 is 4.57 Å². The first kappa shape index (κ1) is 12.3. The summed E-state index contributed by atoms with van der Waals surface area (Å²) in [4.78, 5) is 23.1.